The van der Waals surface area contributed by atoms with Gasteiger partial charge in [-0.1, -0.05) is 103 Å². The molecule has 1 N–H and O–H groups in total. The number of benzene rings is 4. The molecule has 1 spiro atoms. The lowest BCUT2D eigenvalue weighted by Crippen LogP contribution is -2.59. The molecule has 5 heteroatoms. The van der Waals surface area contributed by atoms with E-state index in [0.717, 1.165) is 34.2 Å². The Morgan fingerprint density at radius 2 is 1.67 bits per heavy atom. The van der Waals surface area contributed by atoms with Crippen LogP contribution in [0.15, 0.2) is 109 Å². The molecule has 0 unspecified atom stereocenters. The maximum Gasteiger partial charge on any atom is 0.244 e. The Hall–Kier alpha value is -5.08. The number of allylic oxidation sites excluding steroid dienone is 2. The van der Waals surface area contributed by atoms with Gasteiger partial charge in [-0.05, 0) is 59.6 Å². The van der Waals surface area contributed by atoms with Crippen LogP contribution in [0.25, 0.3) is 5.57 Å². The number of Topliss-reactive ketones (excluding diaryl/α,β-unsaturated/α-hetero) is 1. The molecule has 0 saturated heterocycles. The lowest BCUT2D eigenvalue weighted by Gasteiger charge is -2.47. The smallest absolute Gasteiger partial charge is 0.244 e. The number of anilines is 1. The molecular weight excluding hydrogens is 518 g/mol. The van der Waals surface area contributed by atoms with E-state index in [1.165, 1.54) is 0 Å². The van der Waals surface area contributed by atoms with Gasteiger partial charge in [0, 0.05) is 11.3 Å². The van der Waals surface area contributed by atoms with E-state index in [1.54, 1.807) is 17.0 Å². The standard InChI is InChI=1S/C37H29N3O2/c1-23-16-19-31-30(20-23)37(36(42)40(31)22-24-10-4-2-5-11-24)33(34(41)26-13-6-3-7-14-26)28-18-17-25-12-8-9-15-27(25)32(28)29(21-38)35(37)39/h2-16,19-20,28,33,39H,17-18,22H2,1H3/t28-,33-,37-/m0/s1. The molecular formula is C37H29N3O2. The van der Waals surface area contributed by atoms with Crippen LogP contribution < -0.4 is 4.90 Å². The number of fused-ring (bicyclic) bond motifs is 5. The number of nitrogens with one attached hydrogen (secondary N) is 1. The summed E-state index contributed by atoms with van der Waals surface area (Å²) in [4.78, 5) is 31.6. The fraction of sp³-hybridized carbons (Fsp3) is 0.189. The van der Waals surface area contributed by atoms with Crippen molar-refractivity contribution in [1.29, 1.82) is 10.7 Å². The molecule has 1 amide bonds. The number of aryl methyl sites for hydroxylation is 2. The van der Waals surface area contributed by atoms with Crippen LogP contribution in [0, 0.1) is 35.5 Å². The van der Waals surface area contributed by atoms with E-state index in [9.17, 15) is 15.5 Å². The highest BCUT2D eigenvalue weighted by molar-refractivity contribution is 6.34. The molecule has 204 valence electrons. The Morgan fingerprint density at radius 3 is 2.40 bits per heavy atom. The molecule has 1 heterocycles. The third-order valence-electron chi connectivity index (χ3n) is 9.27. The summed E-state index contributed by atoms with van der Waals surface area (Å²) in [5.41, 5.74) is 5.00. The highest BCUT2D eigenvalue weighted by atomic mass is 16.2. The molecule has 4 aromatic rings. The average Bonchev–Trinajstić information content (AvgIpc) is 3.25. The number of ketones is 1. The summed E-state index contributed by atoms with van der Waals surface area (Å²) in [6.45, 7) is 2.27. The van der Waals surface area contributed by atoms with Crippen molar-refractivity contribution in [1.82, 2.24) is 0 Å². The van der Waals surface area contributed by atoms with Gasteiger partial charge < -0.3 is 10.3 Å². The van der Waals surface area contributed by atoms with Gasteiger partial charge >= 0.3 is 0 Å². The molecule has 0 bridgehead atoms. The number of nitriles is 1. The minimum Gasteiger partial charge on any atom is -0.307 e. The van der Waals surface area contributed by atoms with Gasteiger partial charge in [0.2, 0.25) is 5.91 Å². The molecule has 5 nitrogen and oxygen atoms in total. The third kappa shape index (κ3) is 3.58. The van der Waals surface area contributed by atoms with Crippen molar-refractivity contribution in [3.8, 4) is 6.07 Å². The first kappa shape index (κ1) is 25.9. The van der Waals surface area contributed by atoms with E-state index < -0.39 is 17.3 Å². The summed E-state index contributed by atoms with van der Waals surface area (Å²) in [7, 11) is 0. The second-order valence-electron chi connectivity index (χ2n) is 11.5. The van der Waals surface area contributed by atoms with Crippen LogP contribution in [0.4, 0.5) is 5.69 Å². The lowest BCUT2D eigenvalue weighted by atomic mass is 9.52. The SMILES string of the molecule is Cc1ccc2c(c1)[C@]1(C(=N)C(C#N)=C3c4ccccc4CC[C@@H]3[C@H]1C(=O)c1ccccc1)C(=O)N2Cc1ccccc1. The van der Waals surface area contributed by atoms with Gasteiger partial charge in [-0.3, -0.25) is 9.59 Å². The van der Waals surface area contributed by atoms with Crippen molar-refractivity contribution in [2.75, 3.05) is 4.90 Å². The first-order chi connectivity index (χ1) is 20.5. The minimum absolute atomic E-state index is 0.0744. The summed E-state index contributed by atoms with van der Waals surface area (Å²) >= 11 is 0. The Kier molecular flexibility index (Phi) is 6.02. The molecule has 0 radical (unpaired) electrons. The van der Waals surface area contributed by atoms with Gasteiger partial charge in [0.05, 0.1) is 23.7 Å². The summed E-state index contributed by atoms with van der Waals surface area (Å²) in [6.07, 6.45) is 1.34. The predicted octanol–water partition coefficient (Wildman–Crippen LogP) is 6.85. The van der Waals surface area contributed by atoms with Crippen molar-refractivity contribution >= 4 is 28.7 Å². The number of hydrogen-bond acceptors (Lipinski definition) is 4. The van der Waals surface area contributed by atoms with Crippen molar-refractivity contribution in [3.63, 3.8) is 0 Å². The zero-order valence-corrected chi connectivity index (χ0v) is 23.3. The van der Waals surface area contributed by atoms with Crippen molar-refractivity contribution in [2.24, 2.45) is 11.8 Å². The van der Waals surface area contributed by atoms with E-state index in [2.05, 4.69) is 12.1 Å². The Morgan fingerprint density at radius 1 is 0.976 bits per heavy atom. The minimum atomic E-state index is -1.62. The second kappa shape index (κ2) is 9.78. The highest BCUT2D eigenvalue weighted by Crippen LogP contribution is 2.59. The highest BCUT2D eigenvalue weighted by Gasteiger charge is 2.66. The predicted molar refractivity (Wildman–Crippen MR) is 163 cm³/mol. The van der Waals surface area contributed by atoms with Gasteiger partial charge in [0.25, 0.3) is 0 Å². The monoisotopic (exact) mass is 547 g/mol. The fourth-order valence-electron chi connectivity index (χ4n) is 7.48. The zero-order chi connectivity index (χ0) is 29.0. The number of rotatable bonds is 4. The van der Waals surface area contributed by atoms with Gasteiger partial charge in [0.15, 0.2) is 5.78 Å². The van der Waals surface area contributed by atoms with Crippen molar-refractivity contribution < 1.29 is 9.59 Å². The Labute approximate surface area is 245 Å². The van der Waals surface area contributed by atoms with E-state index >= 15 is 4.79 Å². The molecule has 3 atom stereocenters. The van der Waals surface area contributed by atoms with E-state index in [-0.39, 0.29) is 23.0 Å². The average molecular weight is 548 g/mol. The van der Waals surface area contributed by atoms with Gasteiger partial charge in [-0.2, -0.15) is 5.26 Å². The molecule has 4 aromatic carbocycles. The van der Waals surface area contributed by atoms with Crippen LogP contribution >= 0.6 is 0 Å². The maximum absolute atomic E-state index is 15.1. The van der Waals surface area contributed by atoms with Crippen LogP contribution in [-0.2, 0) is 23.2 Å². The first-order valence-electron chi connectivity index (χ1n) is 14.3. The quantitative estimate of drug-likeness (QED) is 0.284. The molecule has 1 aliphatic heterocycles. The third-order valence-corrected chi connectivity index (χ3v) is 9.27. The van der Waals surface area contributed by atoms with E-state index in [0.29, 0.717) is 29.8 Å². The Balaban J connectivity index is 1.53. The molecule has 2 aliphatic carbocycles. The number of carbonyl (C=O) groups excluding carboxylic acids is 2. The molecule has 7 rings (SSSR count). The van der Waals surface area contributed by atoms with Crippen molar-refractivity contribution in [2.45, 2.75) is 31.7 Å². The van der Waals surface area contributed by atoms with Crippen LogP contribution in [0.1, 0.15) is 44.6 Å². The van der Waals surface area contributed by atoms with E-state index in [1.807, 2.05) is 91.9 Å². The maximum atomic E-state index is 15.1. The summed E-state index contributed by atoms with van der Waals surface area (Å²) < 4.78 is 0. The molecule has 0 saturated carbocycles. The molecule has 0 aromatic heterocycles. The largest absolute Gasteiger partial charge is 0.307 e. The molecule has 0 fully saturated rings. The van der Waals surface area contributed by atoms with Gasteiger partial charge in [-0.25, -0.2) is 0 Å². The lowest BCUT2D eigenvalue weighted by molar-refractivity contribution is -0.122. The second-order valence-corrected chi connectivity index (χ2v) is 11.5. The zero-order valence-electron chi connectivity index (χ0n) is 23.3. The number of amides is 1. The summed E-state index contributed by atoms with van der Waals surface area (Å²) in [5.74, 6) is -1.74. The van der Waals surface area contributed by atoms with Crippen LogP contribution in [-0.4, -0.2) is 17.4 Å². The van der Waals surface area contributed by atoms with Gasteiger partial charge in [0.1, 0.15) is 11.5 Å². The molecule has 3 aliphatic rings. The number of hydrogen-bond donors (Lipinski definition) is 1. The summed E-state index contributed by atoms with van der Waals surface area (Å²) in [6, 6.07) is 35.0. The van der Waals surface area contributed by atoms with Crippen molar-refractivity contribution in [3.05, 3.63) is 142 Å². The first-order valence-corrected chi connectivity index (χ1v) is 14.3. The van der Waals surface area contributed by atoms with E-state index in [4.69, 9.17) is 0 Å². The Bertz CT molecular complexity index is 1850. The number of nitrogens with zero attached hydrogens (tertiary/aromatic N) is 2. The normalized spacial score (nSPS) is 22.4. The fourth-order valence-corrected chi connectivity index (χ4v) is 7.48. The summed E-state index contributed by atoms with van der Waals surface area (Å²) in [5, 5.41) is 20.4. The van der Waals surface area contributed by atoms with Gasteiger partial charge in [-0.15, -0.1) is 0 Å². The van der Waals surface area contributed by atoms with Crippen LogP contribution in [0.2, 0.25) is 0 Å². The van der Waals surface area contributed by atoms with Crippen LogP contribution in [0.3, 0.4) is 0 Å². The number of carbonyl (C=O) groups is 2. The topological polar surface area (TPSA) is 85.0 Å². The van der Waals surface area contributed by atoms with Crippen LogP contribution in [0.5, 0.6) is 0 Å². The molecule has 42 heavy (non-hydrogen) atoms.